The molecule has 2 aromatic rings. The van der Waals surface area contributed by atoms with Gasteiger partial charge in [-0.3, -0.25) is 14.5 Å². The van der Waals surface area contributed by atoms with Crippen LogP contribution in [0.1, 0.15) is 29.2 Å². The van der Waals surface area contributed by atoms with Crippen LogP contribution in [0.3, 0.4) is 0 Å². The highest BCUT2D eigenvalue weighted by Crippen LogP contribution is 2.19. The van der Waals surface area contributed by atoms with Crippen LogP contribution < -0.4 is 10.6 Å². The Morgan fingerprint density at radius 1 is 0.963 bits per heavy atom. The molecule has 2 rings (SSSR count). The van der Waals surface area contributed by atoms with E-state index in [1.807, 2.05) is 63.1 Å². The molecule has 0 aliphatic carbocycles. The molecule has 0 aromatic heterocycles. The van der Waals surface area contributed by atoms with Crippen LogP contribution in [0.4, 0.5) is 5.69 Å². The number of hydrogen-bond acceptors (Lipinski definition) is 3. The first kappa shape index (κ1) is 20.6. The van der Waals surface area contributed by atoms with Gasteiger partial charge in [-0.05, 0) is 57.0 Å². The largest absolute Gasteiger partial charge is 0.346 e. The molecule has 1 atom stereocenters. The van der Waals surface area contributed by atoms with E-state index in [-0.39, 0.29) is 24.4 Å². The number of nitrogens with zero attached hydrogens (tertiary/aromatic N) is 1. The number of benzene rings is 2. The monoisotopic (exact) mass is 367 g/mol. The van der Waals surface area contributed by atoms with Crippen molar-refractivity contribution in [1.82, 2.24) is 10.2 Å². The number of rotatable bonds is 7. The predicted molar refractivity (Wildman–Crippen MR) is 110 cm³/mol. The zero-order valence-corrected chi connectivity index (χ0v) is 16.8. The highest BCUT2D eigenvalue weighted by molar-refractivity contribution is 5.96. The molecule has 0 fully saturated rings. The van der Waals surface area contributed by atoms with Gasteiger partial charge in [-0.2, -0.15) is 0 Å². The van der Waals surface area contributed by atoms with Gasteiger partial charge in [-0.15, -0.1) is 0 Å². The van der Waals surface area contributed by atoms with Gasteiger partial charge in [0, 0.05) is 12.2 Å². The van der Waals surface area contributed by atoms with Crippen molar-refractivity contribution in [2.24, 2.45) is 0 Å². The number of hydrogen-bond donors (Lipinski definition) is 2. The second-order valence-electron chi connectivity index (χ2n) is 7.05. The van der Waals surface area contributed by atoms with E-state index in [1.165, 1.54) is 11.1 Å². The van der Waals surface area contributed by atoms with Crippen molar-refractivity contribution in [3.05, 3.63) is 64.7 Å². The molecule has 0 radical (unpaired) electrons. The standard InChI is InChI=1S/C22H29N3O2/c1-15-9-6-7-12-19(15)14-25(5)18(4)22(27)23-13-20(26)24-21-16(2)10-8-11-17(21)3/h6-12,18H,13-14H2,1-5H3,(H,23,27)(H,24,26)/t18-/m0/s1. The fraction of sp³-hybridized carbons (Fsp3) is 0.364. The molecule has 2 N–H and O–H groups in total. The first-order valence-electron chi connectivity index (χ1n) is 9.18. The van der Waals surface area contributed by atoms with Crippen molar-refractivity contribution in [3.63, 3.8) is 0 Å². The lowest BCUT2D eigenvalue weighted by Gasteiger charge is -2.24. The van der Waals surface area contributed by atoms with E-state index >= 15 is 0 Å². The Bertz CT molecular complexity index is 797. The number of likely N-dealkylation sites (N-methyl/N-ethyl adjacent to an activating group) is 1. The first-order chi connectivity index (χ1) is 12.8. The summed E-state index contributed by atoms with van der Waals surface area (Å²) in [4.78, 5) is 26.6. The Morgan fingerprint density at radius 2 is 1.56 bits per heavy atom. The van der Waals surface area contributed by atoms with E-state index in [2.05, 4.69) is 29.7 Å². The number of carbonyl (C=O) groups is 2. The quantitative estimate of drug-likeness (QED) is 0.790. The molecule has 27 heavy (non-hydrogen) atoms. The average Bonchev–Trinajstić information content (AvgIpc) is 2.64. The fourth-order valence-electron chi connectivity index (χ4n) is 2.90. The Kier molecular flexibility index (Phi) is 7.13. The second kappa shape index (κ2) is 9.33. The van der Waals surface area contributed by atoms with Gasteiger partial charge in [0.15, 0.2) is 0 Å². The maximum absolute atomic E-state index is 12.4. The van der Waals surface area contributed by atoms with E-state index < -0.39 is 0 Å². The molecule has 0 unspecified atom stereocenters. The van der Waals surface area contributed by atoms with Gasteiger partial charge in [-0.25, -0.2) is 0 Å². The van der Waals surface area contributed by atoms with Crippen LogP contribution in [0, 0.1) is 20.8 Å². The van der Waals surface area contributed by atoms with E-state index in [0.29, 0.717) is 6.54 Å². The molecule has 5 heteroatoms. The maximum Gasteiger partial charge on any atom is 0.243 e. The van der Waals surface area contributed by atoms with Crippen LogP contribution in [-0.4, -0.2) is 36.3 Å². The molecule has 0 bridgehead atoms. The van der Waals surface area contributed by atoms with Crippen molar-refractivity contribution in [3.8, 4) is 0 Å². The highest BCUT2D eigenvalue weighted by atomic mass is 16.2. The Hall–Kier alpha value is -2.66. The minimum Gasteiger partial charge on any atom is -0.346 e. The van der Waals surface area contributed by atoms with Gasteiger partial charge in [0.1, 0.15) is 0 Å². The summed E-state index contributed by atoms with van der Waals surface area (Å²) in [6.45, 7) is 8.43. The normalized spacial score (nSPS) is 11.9. The molecular weight excluding hydrogens is 338 g/mol. The molecule has 5 nitrogen and oxygen atoms in total. The van der Waals surface area contributed by atoms with Crippen LogP contribution in [0.2, 0.25) is 0 Å². The summed E-state index contributed by atoms with van der Waals surface area (Å²) in [5.74, 6) is -0.391. The van der Waals surface area contributed by atoms with E-state index in [4.69, 9.17) is 0 Å². The van der Waals surface area contributed by atoms with Crippen LogP contribution in [0.5, 0.6) is 0 Å². The molecule has 0 aliphatic heterocycles. The summed E-state index contributed by atoms with van der Waals surface area (Å²) in [7, 11) is 1.91. The van der Waals surface area contributed by atoms with Gasteiger partial charge in [0.05, 0.1) is 12.6 Å². The molecule has 144 valence electrons. The molecule has 0 saturated heterocycles. The summed E-state index contributed by atoms with van der Waals surface area (Å²) >= 11 is 0. The topological polar surface area (TPSA) is 61.4 Å². The van der Waals surface area contributed by atoms with Crippen molar-refractivity contribution < 1.29 is 9.59 Å². The average molecular weight is 367 g/mol. The lowest BCUT2D eigenvalue weighted by molar-refractivity contribution is -0.127. The Morgan fingerprint density at radius 3 is 2.19 bits per heavy atom. The number of amides is 2. The summed E-state index contributed by atoms with van der Waals surface area (Å²) < 4.78 is 0. The van der Waals surface area contributed by atoms with Crippen LogP contribution in [0.25, 0.3) is 0 Å². The van der Waals surface area contributed by atoms with Crippen molar-refractivity contribution in [2.75, 3.05) is 18.9 Å². The SMILES string of the molecule is Cc1ccccc1CN(C)[C@@H](C)C(=O)NCC(=O)Nc1c(C)cccc1C. The summed E-state index contributed by atoms with van der Waals surface area (Å²) in [5, 5.41) is 5.61. The van der Waals surface area contributed by atoms with E-state index in [0.717, 1.165) is 16.8 Å². The van der Waals surface area contributed by atoms with Gasteiger partial charge in [0.2, 0.25) is 11.8 Å². The molecular formula is C22H29N3O2. The third-order valence-electron chi connectivity index (χ3n) is 4.89. The fourth-order valence-corrected chi connectivity index (χ4v) is 2.90. The molecule has 2 aromatic carbocycles. The van der Waals surface area contributed by atoms with Crippen LogP contribution in [0.15, 0.2) is 42.5 Å². The predicted octanol–water partition coefficient (Wildman–Crippen LogP) is 3.19. The van der Waals surface area contributed by atoms with E-state index in [1.54, 1.807) is 0 Å². The zero-order chi connectivity index (χ0) is 20.0. The second-order valence-corrected chi connectivity index (χ2v) is 7.05. The number of carbonyl (C=O) groups excluding carboxylic acids is 2. The molecule has 0 spiro atoms. The van der Waals surface area contributed by atoms with Crippen LogP contribution in [-0.2, 0) is 16.1 Å². The molecule has 2 amide bonds. The molecule has 0 saturated carbocycles. The lowest BCUT2D eigenvalue weighted by atomic mass is 10.1. The lowest BCUT2D eigenvalue weighted by Crippen LogP contribution is -2.45. The third-order valence-corrected chi connectivity index (χ3v) is 4.89. The van der Waals surface area contributed by atoms with Crippen molar-refractivity contribution in [1.29, 1.82) is 0 Å². The number of nitrogens with one attached hydrogen (secondary N) is 2. The van der Waals surface area contributed by atoms with E-state index in [9.17, 15) is 9.59 Å². The van der Waals surface area contributed by atoms with Crippen molar-refractivity contribution in [2.45, 2.75) is 40.3 Å². The van der Waals surface area contributed by atoms with Gasteiger partial charge in [0.25, 0.3) is 0 Å². The number of para-hydroxylation sites is 1. The molecule has 0 heterocycles. The minimum absolute atomic E-state index is 0.0465. The number of anilines is 1. The first-order valence-corrected chi connectivity index (χ1v) is 9.18. The summed E-state index contributed by atoms with van der Waals surface area (Å²) in [6, 6.07) is 13.6. The van der Waals surface area contributed by atoms with Gasteiger partial charge >= 0.3 is 0 Å². The van der Waals surface area contributed by atoms with Crippen LogP contribution >= 0.6 is 0 Å². The smallest absolute Gasteiger partial charge is 0.243 e. The number of aryl methyl sites for hydroxylation is 3. The third kappa shape index (κ3) is 5.66. The zero-order valence-electron chi connectivity index (χ0n) is 16.8. The minimum atomic E-state index is -0.336. The van der Waals surface area contributed by atoms with Gasteiger partial charge in [-0.1, -0.05) is 42.5 Å². The highest BCUT2D eigenvalue weighted by Gasteiger charge is 2.19. The Balaban J connectivity index is 1.87. The van der Waals surface area contributed by atoms with Crippen molar-refractivity contribution >= 4 is 17.5 Å². The summed E-state index contributed by atoms with van der Waals surface area (Å²) in [6.07, 6.45) is 0. The van der Waals surface area contributed by atoms with Gasteiger partial charge < -0.3 is 10.6 Å². The molecule has 0 aliphatic rings. The maximum atomic E-state index is 12.4. The Labute approximate surface area is 161 Å². The summed E-state index contributed by atoms with van der Waals surface area (Å²) in [5.41, 5.74) is 5.20.